The molecule has 1 N–H and O–H groups in total. The second-order valence-electron chi connectivity index (χ2n) is 9.17. The maximum atomic E-state index is 12.3. The van der Waals surface area contributed by atoms with E-state index in [4.69, 9.17) is 9.47 Å². The van der Waals surface area contributed by atoms with E-state index in [1.54, 1.807) is 0 Å². The Kier molecular flexibility index (Phi) is 6.76. The van der Waals surface area contributed by atoms with E-state index in [2.05, 4.69) is 44.0 Å². The Bertz CT molecular complexity index is 1130. The number of aromatic nitrogens is 3. The molecule has 8 nitrogen and oxygen atoms in total. The molecular weight excluding hydrogens is 430 g/mol. The Labute approximate surface area is 199 Å². The number of rotatable bonds is 8. The lowest BCUT2D eigenvalue weighted by atomic mass is 10.00. The van der Waals surface area contributed by atoms with Crippen LogP contribution in [0.4, 0.5) is 0 Å². The van der Waals surface area contributed by atoms with Gasteiger partial charge in [-0.1, -0.05) is 43.3 Å². The molecule has 2 aliphatic rings. The highest BCUT2D eigenvalue weighted by Crippen LogP contribution is 2.33. The number of benzene rings is 2. The van der Waals surface area contributed by atoms with Crippen LogP contribution in [-0.2, 0) is 37.1 Å². The number of fused-ring (bicyclic) bond motifs is 2. The molecule has 1 atom stereocenters. The number of nitrogens with one attached hydrogen (secondary N) is 1. The second-order valence-corrected chi connectivity index (χ2v) is 9.17. The van der Waals surface area contributed by atoms with E-state index in [0.717, 1.165) is 67.7 Å². The molecule has 1 aromatic heterocycles. The van der Waals surface area contributed by atoms with Crippen LogP contribution in [0.5, 0.6) is 11.5 Å². The minimum atomic E-state index is -0.00357. The molecule has 178 valence electrons. The summed E-state index contributed by atoms with van der Waals surface area (Å²) in [4.78, 5) is 14.8. The average Bonchev–Trinajstić information content (AvgIpc) is 3.41. The van der Waals surface area contributed by atoms with Gasteiger partial charge < -0.3 is 24.3 Å². The molecule has 0 saturated heterocycles. The third kappa shape index (κ3) is 5.39. The summed E-state index contributed by atoms with van der Waals surface area (Å²) in [7, 11) is 0. The van der Waals surface area contributed by atoms with Crippen molar-refractivity contribution in [2.75, 3.05) is 26.4 Å². The molecule has 2 aliphatic heterocycles. The van der Waals surface area contributed by atoms with Crippen molar-refractivity contribution in [1.82, 2.24) is 25.0 Å². The van der Waals surface area contributed by atoms with Crippen LogP contribution in [0.25, 0.3) is 0 Å². The molecule has 0 unspecified atom stereocenters. The maximum Gasteiger partial charge on any atom is 0.231 e. The van der Waals surface area contributed by atoms with E-state index in [-0.39, 0.29) is 5.91 Å². The molecule has 0 radical (unpaired) electrons. The molecule has 2 aromatic carbocycles. The van der Waals surface area contributed by atoms with Gasteiger partial charge in [-0.25, -0.2) is 0 Å². The molecule has 34 heavy (non-hydrogen) atoms. The Morgan fingerprint density at radius 3 is 2.76 bits per heavy atom. The molecule has 0 fully saturated rings. The summed E-state index contributed by atoms with van der Waals surface area (Å²) < 4.78 is 13.1. The van der Waals surface area contributed by atoms with E-state index < -0.39 is 0 Å². The normalized spacial score (nSPS) is 16.0. The summed E-state index contributed by atoms with van der Waals surface area (Å²) in [5.41, 5.74) is 2.28. The third-order valence-corrected chi connectivity index (χ3v) is 6.44. The zero-order valence-corrected chi connectivity index (χ0v) is 19.6. The van der Waals surface area contributed by atoms with Crippen molar-refractivity contribution in [1.29, 1.82) is 0 Å². The molecular formula is C26H31N5O3. The Balaban J connectivity index is 1.11. The zero-order valence-electron chi connectivity index (χ0n) is 19.6. The monoisotopic (exact) mass is 461 g/mol. The highest BCUT2D eigenvalue weighted by molar-refractivity contribution is 5.78. The quantitative estimate of drug-likeness (QED) is 0.555. The summed E-state index contributed by atoms with van der Waals surface area (Å²) >= 11 is 0. The van der Waals surface area contributed by atoms with Gasteiger partial charge in [0.2, 0.25) is 12.7 Å². The molecule has 1 amide bonds. The molecule has 0 bridgehead atoms. The first kappa shape index (κ1) is 22.4. The van der Waals surface area contributed by atoms with E-state index in [9.17, 15) is 4.79 Å². The number of nitrogens with zero attached hydrogens (tertiary/aromatic N) is 4. The lowest BCUT2D eigenvalue weighted by molar-refractivity contribution is -0.120. The highest BCUT2D eigenvalue weighted by atomic mass is 16.7. The minimum Gasteiger partial charge on any atom is -0.454 e. The van der Waals surface area contributed by atoms with Gasteiger partial charge in [0.15, 0.2) is 17.3 Å². The lowest BCUT2D eigenvalue weighted by Gasteiger charge is -2.24. The van der Waals surface area contributed by atoms with Crippen LogP contribution in [0.3, 0.4) is 0 Å². The van der Waals surface area contributed by atoms with Crippen molar-refractivity contribution in [3.8, 4) is 11.5 Å². The van der Waals surface area contributed by atoms with Crippen LogP contribution >= 0.6 is 0 Å². The Morgan fingerprint density at radius 1 is 1.03 bits per heavy atom. The summed E-state index contributed by atoms with van der Waals surface area (Å²) in [6.45, 7) is 6.78. The molecule has 3 heterocycles. The lowest BCUT2D eigenvalue weighted by Crippen LogP contribution is -2.32. The van der Waals surface area contributed by atoms with Gasteiger partial charge in [0, 0.05) is 32.6 Å². The number of hydrogen-bond donors (Lipinski definition) is 1. The van der Waals surface area contributed by atoms with Gasteiger partial charge in [0.25, 0.3) is 0 Å². The summed E-state index contributed by atoms with van der Waals surface area (Å²) in [5.74, 6) is 4.02. The van der Waals surface area contributed by atoms with Crippen molar-refractivity contribution >= 4 is 5.91 Å². The molecule has 0 spiro atoms. The van der Waals surface area contributed by atoms with E-state index in [1.165, 1.54) is 5.56 Å². The second kappa shape index (κ2) is 10.3. The van der Waals surface area contributed by atoms with Gasteiger partial charge in [-0.05, 0) is 35.6 Å². The standard InChI is InChI=1S/C26H31N5O3/c1-19(13-21-7-8-22-23(14-21)34-18-33-22)17-30-10-9-24-28-29-25(31(24)12-11-30)16-27-26(32)15-20-5-3-2-4-6-20/h2-8,14,19H,9-13,15-18H2,1H3,(H,27,32)/t19-/m1/s1. The molecule has 0 saturated carbocycles. The number of carbonyl (C=O) groups excluding carboxylic acids is 1. The molecule has 3 aromatic rings. The van der Waals surface area contributed by atoms with Crippen molar-refractivity contribution in [3.63, 3.8) is 0 Å². The van der Waals surface area contributed by atoms with Gasteiger partial charge >= 0.3 is 0 Å². The number of amides is 1. The maximum absolute atomic E-state index is 12.3. The third-order valence-electron chi connectivity index (χ3n) is 6.44. The number of hydrogen-bond acceptors (Lipinski definition) is 6. The van der Waals surface area contributed by atoms with E-state index in [0.29, 0.717) is 25.7 Å². The first-order valence-electron chi connectivity index (χ1n) is 12.0. The minimum absolute atomic E-state index is 0.00357. The Hall–Kier alpha value is -3.39. The van der Waals surface area contributed by atoms with Gasteiger partial charge in [-0.15, -0.1) is 10.2 Å². The predicted octanol–water partition coefficient (Wildman–Crippen LogP) is 2.60. The topological polar surface area (TPSA) is 81.5 Å². The van der Waals surface area contributed by atoms with Gasteiger partial charge in [0.05, 0.1) is 13.0 Å². The van der Waals surface area contributed by atoms with Crippen LogP contribution in [0.2, 0.25) is 0 Å². The van der Waals surface area contributed by atoms with Crippen molar-refractivity contribution in [3.05, 3.63) is 71.3 Å². The van der Waals surface area contributed by atoms with Crippen LogP contribution in [0.15, 0.2) is 48.5 Å². The molecule has 8 heteroatoms. The number of carbonyl (C=O) groups is 1. The van der Waals surface area contributed by atoms with E-state index >= 15 is 0 Å². The molecule has 5 rings (SSSR count). The summed E-state index contributed by atoms with van der Waals surface area (Å²) in [6, 6.07) is 16.0. The fourth-order valence-corrected chi connectivity index (χ4v) is 4.74. The van der Waals surface area contributed by atoms with Gasteiger partial charge in [-0.2, -0.15) is 0 Å². The fraction of sp³-hybridized carbons (Fsp3) is 0.423. The van der Waals surface area contributed by atoms with Crippen molar-refractivity contribution < 1.29 is 14.3 Å². The largest absolute Gasteiger partial charge is 0.454 e. The fourth-order valence-electron chi connectivity index (χ4n) is 4.74. The Morgan fingerprint density at radius 2 is 1.88 bits per heavy atom. The van der Waals surface area contributed by atoms with Crippen molar-refractivity contribution in [2.24, 2.45) is 5.92 Å². The van der Waals surface area contributed by atoms with Crippen LogP contribution in [-0.4, -0.2) is 52.0 Å². The summed E-state index contributed by atoms with van der Waals surface area (Å²) in [6.07, 6.45) is 2.23. The van der Waals surface area contributed by atoms with Crippen LogP contribution in [0, 0.1) is 5.92 Å². The van der Waals surface area contributed by atoms with Crippen LogP contribution < -0.4 is 14.8 Å². The van der Waals surface area contributed by atoms with Gasteiger partial charge in [-0.3, -0.25) is 4.79 Å². The van der Waals surface area contributed by atoms with Gasteiger partial charge in [0.1, 0.15) is 5.82 Å². The first-order valence-corrected chi connectivity index (χ1v) is 12.0. The smallest absolute Gasteiger partial charge is 0.231 e. The number of ether oxygens (including phenoxy) is 2. The first-order chi connectivity index (χ1) is 16.6. The predicted molar refractivity (Wildman–Crippen MR) is 128 cm³/mol. The summed E-state index contributed by atoms with van der Waals surface area (Å²) in [5, 5.41) is 11.7. The average molecular weight is 462 g/mol. The van der Waals surface area contributed by atoms with E-state index in [1.807, 2.05) is 36.4 Å². The van der Waals surface area contributed by atoms with Crippen LogP contribution in [0.1, 0.15) is 29.7 Å². The van der Waals surface area contributed by atoms with Crippen molar-refractivity contribution in [2.45, 2.75) is 39.3 Å². The molecule has 0 aliphatic carbocycles. The SMILES string of the molecule is C[C@H](Cc1ccc2c(c1)OCO2)CN1CCc2nnc(CNC(=O)Cc3ccccc3)n2CC1. The zero-order chi connectivity index (χ0) is 23.3. The highest BCUT2D eigenvalue weighted by Gasteiger charge is 2.21.